The van der Waals surface area contributed by atoms with Crippen LogP contribution in [0.2, 0.25) is 0 Å². The van der Waals surface area contributed by atoms with Crippen LogP contribution in [0.25, 0.3) is 0 Å². The SMILES string of the molecule is CC(C)CN(CC(N)=O)C(=O)N(CC(=O)O)C(C)C. The van der Waals surface area contributed by atoms with Gasteiger partial charge >= 0.3 is 12.0 Å². The molecule has 0 atom stereocenters. The van der Waals surface area contributed by atoms with E-state index >= 15 is 0 Å². The molecule has 0 fully saturated rings. The summed E-state index contributed by atoms with van der Waals surface area (Å²) in [5, 5.41) is 8.82. The summed E-state index contributed by atoms with van der Waals surface area (Å²) < 4.78 is 0. The third-order valence-corrected chi connectivity index (χ3v) is 2.38. The van der Waals surface area contributed by atoms with E-state index in [2.05, 4.69) is 0 Å². The van der Waals surface area contributed by atoms with E-state index in [0.29, 0.717) is 6.54 Å². The summed E-state index contributed by atoms with van der Waals surface area (Å²) in [5.74, 6) is -1.55. The van der Waals surface area contributed by atoms with E-state index in [4.69, 9.17) is 10.8 Å². The molecule has 110 valence electrons. The maximum Gasteiger partial charge on any atom is 0.323 e. The van der Waals surface area contributed by atoms with Crippen LogP contribution >= 0.6 is 0 Å². The first-order valence-corrected chi connectivity index (χ1v) is 6.20. The van der Waals surface area contributed by atoms with Gasteiger partial charge in [0.25, 0.3) is 0 Å². The van der Waals surface area contributed by atoms with Crippen LogP contribution in [0.15, 0.2) is 0 Å². The molecule has 0 aliphatic rings. The van der Waals surface area contributed by atoms with E-state index in [-0.39, 0.29) is 18.5 Å². The third-order valence-electron chi connectivity index (χ3n) is 2.38. The molecule has 0 aromatic rings. The molecule has 19 heavy (non-hydrogen) atoms. The van der Waals surface area contributed by atoms with E-state index < -0.39 is 24.5 Å². The van der Waals surface area contributed by atoms with Crippen molar-refractivity contribution in [2.75, 3.05) is 19.6 Å². The van der Waals surface area contributed by atoms with Gasteiger partial charge in [0.2, 0.25) is 5.91 Å². The summed E-state index contributed by atoms with van der Waals surface area (Å²) in [6.07, 6.45) is 0. The summed E-state index contributed by atoms with van der Waals surface area (Å²) in [4.78, 5) is 36.5. The second-order valence-electron chi connectivity index (χ2n) is 5.14. The fourth-order valence-electron chi connectivity index (χ4n) is 1.64. The Morgan fingerprint density at radius 2 is 1.63 bits per heavy atom. The van der Waals surface area contributed by atoms with Crippen molar-refractivity contribution in [3.63, 3.8) is 0 Å². The molecular weight excluding hydrogens is 250 g/mol. The highest BCUT2D eigenvalue weighted by molar-refractivity contribution is 5.85. The van der Waals surface area contributed by atoms with Crippen LogP contribution in [0, 0.1) is 5.92 Å². The Labute approximate surface area is 113 Å². The Morgan fingerprint density at radius 1 is 1.11 bits per heavy atom. The molecule has 3 amide bonds. The zero-order chi connectivity index (χ0) is 15.2. The molecule has 0 saturated heterocycles. The van der Waals surface area contributed by atoms with Gasteiger partial charge in [-0.25, -0.2) is 4.79 Å². The first-order valence-electron chi connectivity index (χ1n) is 6.20. The molecule has 0 rings (SSSR count). The average Bonchev–Trinajstić information content (AvgIpc) is 2.22. The number of hydrogen-bond donors (Lipinski definition) is 2. The molecule has 0 aromatic carbocycles. The van der Waals surface area contributed by atoms with Gasteiger partial charge in [-0.15, -0.1) is 0 Å². The Hall–Kier alpha value is -1.79. The maximum absolute atomic E-state index is 12.3. The number of urea groups is 1. The molecule has 0 spiro atoms. The van der Waals surface area contributed by atoms with Crippen LogP contribution in [-0.2, 0) is 9.59 Å². The molecule has 7 heteroatoms. The van der Waals surface area contributed by atoms with Crippen molar-refractivity contribution >= 4 is 17.9 Å². The smallest absolute Gasteiger partial charge is 0.323 e. The standard InChI is InChI=1S/C12H23N3O4/c1-8(2)5-14(6-10(13)16)12(19)15(9(3)4)7-11(17)18/h8-9H,5-7H2,1-4H3,(H2,13,16)(H,17,18). The average molecular weight is 273 g/mol. The topological polar surface area (TPSA) is 104 Å². The van der Waals surface area contributed by atoms with Crippen molar-refractivity contribution in [3.05, 3.63) is 0 Å². The van der Waals surface area contributed by atoms with Gasteiger partial charge in [-0.05, 0) is 19.8 Å². The molecule has 0 aliphatic heterocycles. The highest BCUT2D eigenvalue weighted by Gasteiger charge is 2.26. The van der Waals surface area contributed by atoms with Gasteiger partial charge in [-0.3, -0.25) is 9.59 Å². The van der Waals surface area contributed by atoms with Crippen molar-refractivity contribution < 1.29 is 19.5 Å². The number of carboxylic acids is 1. The van der Waals surface area contributed by atoms with Crippen molar-refractivity contribution in [1.29, 1.82) is 0 Å². The van der Waals surface area contributed by atoms with Gasteiger partial charge in [0, 0.05) is 12.6 Å². The second kappa shape index (κ2) is 7.60. The summed E-state index contributed by atoms with van der Waals surface area (Å²) in [5.41, 5.74) is 5.12. The van der Waals surface area contributed by atoms with Gasteiger partial charge < -0.3 is 20.6 Å². The number of nitrogens with zero attached hydrogens (tertiary/aromatic N) is 2. The van der Waals surface area contributed by atoms with Crippen molar-refractivity contribution in [2.24, 2.45) is 11.7 Å². The van der Waals surface area contributed by atoms with Gasteiger partial charge in [0.05, 0.1) is 0 Å². The number of carbonyl (C=O) groups excluding carboxylic acids is 2. The zero-order valence-corrected chi connectivity index (χ0v) is 11.9. The zero-order valence-electron chi connectivity index (χ0n) is 11.9. The summed E-state index contributed by atoms with van der Waals surface area (Å²) >= 11 is 0. The Kier molecular flexibility index (Phi) is 6.89. The maximum atomic E-state index is 12.3. The van der Waals surface area contributed by atoms with Gasteiger partial charge in [0.1, 0.15) is 13.1 Å². The van der Waals surface area contributed by atoms with Gasteiger partial charge in [-0.2, -0.15) is 0 Å². The van der Waals surface area contributed by atoms with E-state index in [1.165, 1.54) is 9.80 Å². The molecular formula is C12H23N3O4. The van der Waals surface area contributed by atoms with Crippen molar-refractivity contribution in [3.8, 4) is 0 Å². The number of carboxylic acid groups (broad SMARTS) is 1. The molecule has 0 radical (unpaired) electrons. The molecule has 0 aliphatic carbocycles. The number of amides is 3. The molecule has 7 nitrogen and oxygen atoms in total. The lowest BCUT2D eigenvalue weighted by Crippen LogP contribution is -2.51. The van der Waals surface area contributed by atoms with Crippen molar-refractivity contribution in [1.82, 2.24) is 9.80 Å². The minimum absolute atomic E-state index is 0.155. The molecule has 0 unspecified atom stereocenters. The fraction of sp³-hybridized carbons (Fsp3) is 0.750. The number of rotatable bonds is 7. The first-order chi connectivity index (χ1) is 8.65. The summed E-state index contributed by atoms with van der Waals surface area (Å²) in [6.45, 7) is 6.99. The normalized spacial score (nSPS) is 10.6. The molecule has 0 saturated carbocycles. The van der Waals surface area contributed by atoms with Gasteiger partial charge in [-0.1, -0.05) is 13.8 Å². The predicted molar refractivity (Wildman–Crippen MR) is 70.5 cm³/mol. The van der Waals surface area contributed by atoms with E-state index in [9.17, 15) is 14.4 Å². The van der Waals surface area contributed by atoms with E-state index in [1.807, 2.05) is 13.8 Å². The number of carbonyl (C=O) groups is 3. The molecule has 0 heterocycles. The monoisotopic (exact) mass is 273 g/mol. The third kappa shape index (κ3) is 6.64. The minimum atomic E-state index is -1.09. The number of aliphatic carboxylic acids is 1. The van der Waals surface area contributed by atoms with Crippen LogP contribution in [-0.4, -0.2) is 58.5 Å². The number of hydrogen-bond acceptors (Lipinski definition) is 3. The Morgan fingerprint density at radius 3 is 1.95 bits per heavy atom. The lowest BCUT2D eigenvalue weighted by atomic mass is 10.2. The lowest BCUT2D eigenvalue weighted by molar-refractivity contribution is -0.138. The highest BCUT2D eigenvalue weighted by Crippen LogP contribution is 2.07. The minimum Gasteiger partial charge on any atom is -0.480 e. The van der Waals surface area contributed by atoms with Gasteiger partial charge in [0.15, 0.2) is 0 Å². The largest absolute Gasteiger partial charge is 0.480 e. The van der Waals surface area contributed by atoms with Crippen LogP contribution in [0.4, 0.5) is 4.79 Å². The number of primary amides is 1. The summed E-state index contributed by atoms with van der Waals surface area (Å²) in [6, 6.07) is -0.754. The highest BCUT2D eigenvalue weighted by atomic mass is 16.4. The first kappa shape index (κ1) is 17.2. The van der Waals surface area contributed by atoms with E-state index in [0.717, 1.165) is 0 Å². The van der Waals surface area contributed by atoms with E-state index in [1.54, 1.807) is 13.8 Å². The van der Waals surface area contributed by atoms with Crippen LogP contribution in [0.1, 0.15) is 27.7 Å². The Balaban J connectivity index is 4.99. The second-order valence-corrected chi connectivity index (χ2v) is 5.14. The molecule has 0 aromatic heterocycles. The van der Waals surface area contributed by atoms with Crippen LogP contribution < -0.4 is 5.73 Å². The summed E-state index contributed by atoms with van der Waals surface area (Å²) in [7, 11) is 0. The van der Waals surface area contributed by atoms with Crippen molar-refractivity contribution in [2.45, 2.75) is 33.7 Å². The van der Waals surface area contributed by atoms with Crippen LogP contribution in [0.3, 0.4) is 0 Å². The number of nitrogens with two attached hydrogens (primary N) is 1. The molecule has 3 N–H and O–H groups in total. The molecule has 0 bridgehead atoms. The lowest BCUT2D eigenvalue weighted by Gasteiger charge is -2.32. The fourth-order valence-corrected chi connectivity index (χ4v) is 1.64. The predicted octanol–water partition coefficient (Wildman–Crippen LogP) is 0.345. The van der Waals surface area contributed by atoms with Crippen LogP contribution in [0.5, 0.6) is 0 Å². The quantitative estimate of drug-likeness (QED) is 0.698. The Bertz CT molecular complexity index is 342.